The fraction of sp³-hybridized carbons (Fsp3) is 0.706. The summed E-state index contributed by atoms with van der Waals surface area (Å²) < 4.78 is 11.2. The van der Waals surface area contributed by atoms with Crippen molar-refractivity contribution in [3.8, 4) is 5.88 Å². The van der Waals surface area contributed by atoms with E-state index in [1.165, 1.54) is 5.56 Å². The van der Waals surface area contributed by atoms with Crippen LogP contribution in [0.2, 0.25) is 0 Å². The molecule has 0 fully saturated rings. The molecule has 0 amide bonds. The van der Waals surface area contributed by atoms with Gasteiger partial charge in [-0.2, -0.15) is 0 Å². The zero-order chi connectivity index (χ0) is 15.9. The minimum absolute atomic E-state index is 0.00870. The standard InChI is InChI=1S/C17H30N2O2/c1-7-18-12-14-10-15(17(4,5)6)19-16(11-14)21-9-8-20-13(2)3/h10-11,13,18H,7-9,12H2,1-6H3. The van der Waals surface area contributed by atoms with E-state index in [1.807, 2.05) is 19.9 Å². The molecule has 0 aliphatic rings. The van der Waals surface area contributed by atoms with Crippen molar-refractivity contribution in [3.63, 3.8) is 0 Å². The van der Waals surface area contributed by atoms with Crippen LogP contribution in [0.3, 0.4) is 0 Å². The molecule has 0 aromatic carbocycles. The zero-order valence-electron chi connectivity index (χ0n) is 14.3. The van der Waals surface area contributed by atoms with Gasteiger partial charge in [-0.3, -0.25) is 0 Å². The highest BCUT2D eigenvalue weighted by molar-refractivity contribution is 5.28. The van der Waals surface area contributed by atoms with Gasteiger partial charge in [0.05, 0.1) is 18.4 Å². The van der Waals surface area contributed by atoms with E-state index in [1.54, 1.807) is 0 Å². The lowest BCUT2D eigenvalue weighted by Crippen LogP contribution is -2.18. The van der Waals surface area contributed by atoms with Gasteiger partial charge in [0.25, 0.3) is 0 Å². The Morgan fingerprint density at radius 2 is 1.90 bits per heavy atom. The van der Waals surface area contributed by atoms with Crippen molar-refractivity contribution < 1.29 is 9.47 Å². The highest BCUT2D eigenvalue weighted by atomic mass is 16.5. The molecule has 4 nitrogen and oxygen atoms in total. The average Bonchev–Trinajstić information content (AvgIpc) is 2.40. The summed E-state index contributed by atoms with van der Waals surface area (Å²) in [6.45, 7) is 15.5. The largest absolute Gasteiger partial charge is 0.475 e. The molecule has 1 aromatic heterocycles. The summed E-state index contributed by atoms with van der Waals surface area (Å²) in [7, 11) is 0. The van der Waals surface area contributed by atoms with Gasteiger partial charge < -0.3 is 14.8 Å². The van der Waals surface area contributed by atoms with Gasteiger partial charge >= 0.3 is 0 Å². The molecule has 0 spiro atoms. The molecule has 21 heavy (non-hydrogen) atoms. The Bertz CT molecular complexity index is 425. The van der Waals surface area contributed by atoms with Crippen LogP contribution < -0.4 is 10.1 Å². The molecule has 0 unspecified atom stereocenters. The Kier molecular flexibility index (Phi) is 7.12. The summed E-state index contributed by atoms with van der Waals surface area (Å²) in [5.41, 5.74) is 2.27. The first-order valence-electron chi connectivity index (χ1n) is 7.79. The molecule has 0 saturated carbocycles. The second kappa shape index (κ2) is 8.35. The van der Waals surface area contributed by atoms with E-state index in [4.69, 9.17) is 9.47 Å². The summed E-state index contributed by atoms with van der Waals surface area (Å²) in [6, 6.07) is 4.16. The molecule has 1 aromatic rings. The van der Waals surface area contributed by atoms with E-state index < -0.39 is 0 Å². The Labute approximate surface area is 129 Å². The first kappa shape index (κ1) is 17.9. The van der Waals surface area contributed by atoms with Crippen LogP contribution >= 0.6 is 0 Å². The number of rotatable bonds is 8. The van der Waals surface area contributed by atoms with Gasteiger partial charge in [0, 0.05) is 18.0 Å². The van der Waals surface area contributed by atoms with E-state index >= 15 is 0 Å². The van der Waals surface area contributed by atoms with Crippen LogP contribution in [0.25, 0.3) is 0 Å². The van der Waals surface area contributed by atoms with Crippen molar-refractivity contribution in [2.75, 3.05) is 19.8 Å². The number of aromatic nitrogens is 1. The molecule has 4 heteroatoms. The van der Waals surface area contributed by atoms with Gasteiger partial charge in [0.15, 0.2) is 0 Å². The number of nitrogens with one attached hydrogen (secondary N) is 1. The number of ether oxygens (including phenoxy) is 2. The summed E-state index contributed by atoms with van der Waals surface area (Å²) in [6.07, 6.45) is 0.229. The SMILES string of the molecule is CCNCc1cc(OCCOC(C)C)nc(C(C)(C)C)c1. The predicted octanol–water partition coefficient (Wildman–Crippen LogP) is 3.29. The Morgan fingerprint density at radius 3 is 2.48 bits per heavy atom. The quantitative estimate of drug-likeness (QED) is 0.747. The highest BCUT2D eigenvalue weighted by Crippen LogP contribution is 2.24. The molecule has 0 radical (unpaired) electrons. The van der Waals surface area contributed by atoms with Crippen molar-refractivity contribution in [1.82, 2.24) is 10.3 Å². The van der Waals surface area contributed by atoms with E-state index in [2.05, 4.69) is 44.1 Å². The highest BCUT2D eigenvalue weighted by Gasteiger charge is 2.17. The van der Waals surface area contributed by atoms with Gasteiger partial charge in [0.1, 0.15) is 6.61 Å². The molecule has 0 aliphatic heterocycles. The summed E-state index contributed by atoms with van der Waals surface area (Å²) in [5.74, 6) is 0.683. The third kappa shape index (κ3) is 6.91. The van der Waals surface area contributed by atoms with Crippen molar-refractivity contribution in [2.24, 2.45) is 0 Å². The lowest BCUT2D eigenvalue weighted by molar-refractivity contribution is 0.0541. The van der Waals surface area contributed by atoms with Crippen LogP contribution in [0.4, 0.5) is 0 Å². The van der Waals surface area contributed by atoms with Crippen LogP contribution in [0.1, 0.15) is 52.8 Å². The average molecular weight is 294 g/mol. The van der Waals surface area contributed by atoms with Gasteiger partial charge in [-0.05, 0) is 32.0 Å². The molecule has 1 rings (SSSR count). The maximum Gasteiger partial charge on any atom is 0.213 e. The number of pyridine rings is 1. The number of hydrogen-bond donors (Lipinski definition) is 1. The van der Waals surface area contributed by atoms with Crippen LogP contribution in [0, 0.1) is 0 Å². The molecular formula is C17H30N2O2. The van der Waals surface area contributed by atoms with E-state index in [0.29, 0.717) is 19.1 Å². The zero-order valence-corrected chi connectivity index (χ0v) is 14.3. The Balaban J connectivity index is 2.76. The van der Waals surface area contributed by atoms with Gasteiger partial charge in [-0.15, -0.1) is 0 Å². The third-order valence-electron chi connectivity index (χ3n) is 2.99. The van der Waals surface area contributed by atoms with E-state index in [9.17, 15) is 0 Å². The van der Waals surface area contributed by atoms with Gasteiger partial charge in [-0.1, -0.05) is 27.7 Å². The minimum Gasteiger partial charge on any atom is -0.475 e. The second-order valence-corrected chi connectivity index (χ2v) is 6.50. The smallest absolute Gasteiger partial charge is 0.213 e. The van der Waals surface area contributed by atoms with Gasteiger partial charge in [0.2, 0.25) is 5.88 Å². The summed E-state index contributed by atoms with van der Waals surface area (Å²) >= 11 is 0. The molecule has 1 N–H and O–H groups in total. The van der Waals surface area contributed by atoms with Crippen molar-refractivity contribution in [2.45, 2.75) is 59.6 Å². The topological polar surface area (TPSA) is 43.4 Å². The second-order valence-electron chi connectivity index (χ2n) is 6.50. The first-order valence-corrected chi connectivity index (χ1v) is 7.79. The van der Waals surface area contributed by atoms with Crippen LogP contribution in [0.15, 0.2) is 12.1 Å². The monoisotopic (exact) mass is 294 g/mol. The maximum absolute atomic E-state index is 5.75. The van der Waals surface area contributed by atoms with Gasteiger partial charge in [-0.25, -0.2) is 4.98 Å². The number of hydrogen-bond acceptors (Lipinski definition) is 4. The van der Waals surface area contributed by atoms with E-state index in [0.717, 1.165) is 18.8 Å². The molecule has 120 valence electrons. The Hall–Kier alpha value is -1.13. The van der Waals surface area contributed by atoms with Crippen LogP contribution in [-0.2, 0) is 16.7 Å². The molecule has 0 saturated heterocycles. The third-order valence-corrected chi connectivity index (χ3v) is 2.99. The molecule has 0 atom stereocenters. The summed E-state index contributed by atoms with van der Waals surface area (Å²) in [4.78, 5) is 4.62. The minimum atomic E-state index is 0.00870. The molecule has 0 aliphatic carbocycles. The maximum atomic E-state index is 5.75. The number of nitrogens with zero attached hydrogens (tertiary/aromatic N) is 1. The predicted molar refractivity (Wildman–Crippen MR) is 86.9 cm³/mol. The molecular weight excluding hydrogens is 264 g/mol. The fourth-order valence-electron chi connectivity index (χ4n) is 1.82. The van der Waals surface area contributed by atoms with Crippen molar-refractivity contribution >= 4 is 0 Å². The lowest BCUT2D eigenvalue weighted by Gasteiger charge is -2.20. The normalized spacial score (nSPS) is 12.0. The van der Waals surface area contributed by atoms with Crippen molar-refractivity contribution in [1.29, 1.82) is 0 Å². The van der Waals surface area contributed by atoms with E-state index in [-0.39, 0.29) is 11.5 Å². The summed E-state index contributed by atoms with van der Waals surface area (Å²) in [5, 5.41) is 3.34. The molecule has 1 heterocycles. The molecule has 0 bridgehead atoms. The van der Waals surface area contributed by atoms with Crippen LogP contribution in [0.5, 0.6) is 5.88 Å². The first-order chi connectivity index (χ1) is 9.82. The van der Waals surface area contributed by atoms with Crippen LogP contribution in [-0.4, -0.2) is 30.8 Å². The lowest BCUT2D eigenvalue weighted by atomic mass is 9.91. The van der Waals surface area contributed by atoms with Crippen molar-refractivity contribution in [3.05, 3.63) is 23.4 Å². The Morgan fingerprint density at radius 1 is 1.19 bits per heavy atom. The fourth-order valence-corrected chi connectivity index (χ4v) is 1.82.